The molecule has 2 heterocycles. The highest BCUT2D eigenvalue weighted by Crippen LogP contribution is 2.46. The summed E-state index contributed by atoms with van der Waals surface area (Å²) in [5.41, 5.74) is -5.72. The van der Waals surface area contributed by atoms with E-state index >= 15 is 0 Å². The molecule has 0 fully saturated rings. The minimum atomic E-state index is -5.29. The lowest BCUT2D eigenvalue weighted by atomic mass is 9.91. The monoisotopic (exact) mass is 623 g/mol. The maximum absolute atomic E-state index is 14.4. The van der Waals surface area contributed by atoms with Crippen molar-refractivity contribution in [3.63, 3.8) is 0 Å². The lowest BCUT2D eigenvalue weighted by Crippen LogP contribution is -2.52. The number of halogens is 4. The summed E-state index contributed by atoms with van der Waals surface area (Å²) in [6.07, 6.45) is -6.07. The van der Waals surface area contributed by atoms with Gasteiger partial charge in [0.25, 0.3) is 5.91 Å². The topological polar surface area (TPSA) is 145 Å². The molecule has 15 heteroatoms. The van der Waals surface area contributed by atoms with E-state index in [-0.39, 0.29) is 41.6 Å². The molecule has 1 aromatic carbocycles. The van der Waals surface area contributed by atoms with E-state index in [4.69, 9.17) is 25.8 Å². The third-order valence-corrected chi connectivity index (χ3v) is 8.21. The van der Waals surface area contributed by atoms with Gasteiger partial charge in [-0.15, -0.1) is 4.72 Å². The predicted octanol–water partition coefficient (Wildman–Crippen LogP) is 3.34. The molecule has 3 rings (SSSR count). The van der Waals surface area contributed by atoms with E-state index < -0.39 is 62.8 Å². The van der Waals surface area contributed by atoms with Crippen molar-refractivity contribution in [3.05, 3.63) is 46.2 Å². The number of ether oxygens (including phenoxy) is 3. The molecule has 3 unspecified atom stereocenters. The third kappa shape index (κ3) is 7.12. The first-order valence-electron chi connectivity index (χ1n) is 12.4. The first kappa shape index (κ1) is 33.0. The number of carbonyl (C=O) groups excluding carboxylic acids is 1. The van der Waals surface area contributed by atoms with Gasteiger partial charge in [-0.1, -0.05) is 11.6 Å². The standard InChI is InChI=1S/C26H33ClF3N3O7S/c1-14(34)11-39-17-8-7-15(9-18(17)38-6)22(35)31-12-25(36,26(28,29)30)19-10-16-20(21(27)32-19)40-13-24(16,5)33-41(37)23(2,3)4/h7-10,14,33-34,36H,11-13H2,1-6H3,(H,31,35)/t14-,24?,25?,41?/m1/s1. The number of amides is 1. The lowest BCUT2D eigenvalue weighted by Gasteiger charge is -2.33. The van der Waals surface area contributed by atoms with Crippen LogP contribution >= 0.6 is 11.6 Å². The van der Waals surface area contributed by atoms with Gasteiger partial charge in [0.05, 0.1) is 25.5 Å². The number of pyridine rings is 1. The van der Waals surface area contributed by atoms with E-state index in [9.17, 15) is 32.7 Å². The average Bonchev–Trinajstić information content (AvgIpc) is 3.20. The number of hydrogen-bond acceptors (Lipinski definition) is 9. The number of rotatable bonds is 10. The van der Waals surface area contributed by atoms with Crippen molar-refractivity contribution in [1.29, 1.82) is 0 Å². The number of fused-ring (bicyclic) bond motifs is 1. The highest BCUT2D eigenvalue weighted by Gasteiger charge is 2.57. The van der Waals surface area contributed by atoms with Crippen molar-refractivity contribution in [2.24, 2.45) is 0 Å². The number of nitrogens with one attached hydrogen (secondary N) is 2. The van der Waals surface area contributed by atoms with Gasteiger partial charge in [0.2, 0.25) is 5.60 Å². The third-order valence-electron chi connectivity index (χ3n) is 6.21. The molecule has 0 spiro atoms. The second-order valence-corrected chi connectivity index (χ2v) is 13.2. The second kappa shape index (κ2) is 12.0. The highest BCUT2D eigenvalue weighted by molar-refractivity contribution is 7.90. The summed E-state index contributed by atoms with van der Waals surface area (Å²) in [5, 5.41) is 22.0. The van der Waals surface area contributed by atoms with Crippen LogP contribution < -0.4 is 24.2 Å². The summed E-state index contributed by atoms with van der Waals surface area (Å²) >= 11 is 4.56. The number of nitrogens with zero attached hydrogens (tertiary/aromatic N) is 1. The molecule has 0 saturated heterocycles. The fraction of sp³-hybridized carbons (Fsp3) is 0.538. The van der Waals surface area contributed by atoms with Crippen molar-refractivity contribution >= 4 is 28.9 Å². The van der Waals surface area contributed by atoms with E-state index in [1.807, 2.05) is 0 Å². The summed E-state index contributed by atoms with van der Waals surface area (Å²) in [7, 11) is 1.31. The zero-order valence-electron chi connectivity index (χ0n) is 23.3. The maximum Gasteiger partial charge on any atom is 0.424 e. The predicted molar refractivity (Wildman–Crippen MR) is 146 cm³/mol. The zero-order chi connectivity index (χ0) is 31.0. The van der Waals surface area contributed by atoms with E-state index in [1.54, 1.807) is 27.7 Å². The van der Waals surface area contributed by atoms with Gasteiger partial charge in [-0.05, 0) is 58.9 Å². The van der Waals surface area contributed by atoms with Gasteiger partial charge in [0.1, 0.15) is 23.5 Å². The van der Waals surface area contributed by atoms with Gasteiger partial charge in [-0.25, -0.2) is 4.98 Å². The van der Waals surface area contributed by atoms with Crippen molar-refractivity contribution in [2.75, 3.05) is 26.9 Å². The highest BCUT2D eigenvalue weighted by atomic mass is 35.5. The van der Waals surface area contributed by atoms with Gasteiger partial charge in [-0.3, -0.25) is 4.79 Å². The fourth-order valence-electron chi connectivity index (χ4n) is 3.78. The molecule has 0 aliphatic carbocycles. The van der Waals surface area contributed by atoms with Crippen molar-refractivity contribution in [3.8, 4) is 17.2 Å². The molecule has 0 radical (unpaired) electrons. The van der Waals surface area contributed by atoms with E-state index in [0.717, 1.165) is 6.07 Å². The number of alkyl halides is 3. The van der Waals surface area contributed by atoms with Gasteiger partial charge >= 0.3 is 6.18 Å². The quantitative estimate of drug-likeness (QED) is 0.231. The molecule has 10 nitrogen and oxygen atoms in total. The van der Waals surface area contributed by atoms with Crippen LogP contribution in [0.1, 0.15) is 56.2 Å². The van der Waals surface area contributed by atoms with Gasteiger partial charge in [0.15, 0.2) is 22.4 Å². The fourth-order valence-corrected chi connectivity index (χ4v) is 4.91. The molecular weight excluding hydrogens is 591 g/mol. The largest absolute Gasteiger partial charge is 0.598 e. The Balaban J connectivity index is 1.92. The Morgan fingerprint density at radius 1 is 1.29 bits per heavy atom. The second-order valence-electron chi connectivity index (χ2n) is 10.8. The van der Waals surface area contributed by atoms with Gasteiger partial charge in [0, 0.05) is 22.5 Å². The summed E-state index contributed by atoms with van der Waals surface area (Å²) in [5.74, 6) is -0.638. The molecule has 4 N–H and O–H groups in total. The van der Waals surface area contributed by atoms with Crippen LogP contribution in [0.5, 0.6) is 17.2 Å². The average molecular weight is 624 g/mol. The maximum atomic E-state index is 14.4. The molecular formula is C26H33ClF3N3O7S. The van der Waals surface area contributed by atoms with Crippen LogP contribution in [0.3, 0.4) is 0 Å². The van der Waals surface area contributed by atoms with Crippen LogP contribution in [0.2, 0.25) is 5.15 Å². The van der Waals surface area contributed by atoms with E-state index in [2.05, 4.69) is 15.0 Å². The van der Waals surface area contributed by atoms with E-state index in [0.29, 0.717) is 0 Å². The van der Waals surface area contributed by atoms with Crippen molar-refractivity contribution < 1.29 is 46.9 Å². The minimum absolute atomic E-state index is 0.00474. The van der Waals surface area contributed by atoms with Crippen LogP contribution in [0.25, 0.3) is 0 Å². The smallest absolute Gasteiger partial charge is 0.424 e. The number of carbonyl (C=O) groups is 1. The molecule has 41 heavy (non-hydrogen) atoms. The number of aromatic nitrogens is 1. The molecule has 1 aromatic heterocycles. The van der Waals surface area contributed by atoms with Crippen LogP contribution in [-0.2, 0) is 22.5 Å². The first-order chi connectivity index (χ1) is 18.8. The number of benzene rings is 1. The Morgan fingerprint density at radius 3 is 2.51 bits per heavy atom. The molecule has 1 amide bonds. The first-order valence-corrected chi connectivity index (χ1v) is 14.0. The Kier molecular flexibility index (Phi) is 9.68. The molecule has 228 valence electrons. The summed E-state index contributed by atoms with van der Waals surface area (Å²) in [6, 6.07) is 4.88. The van der Waals surface area contributed by atoms with Crippen LogP contribution in [0, 0.1) is 0 Å². The zero-order valence-corrected chi connectivity index (χ0v) is 24.9. The Morgan fingerprint density at radius 2 is 1.95 bits per heavy atom. The molecule has 4 atom stereocenters. The van der Waals surface area contributed by atoms with Crippen LogP contribution in [0.4, 0.5) is 13.2 Å². The molecule has 2 aromatic rings. The van der Waals surface area contributed by atoms with Gasteiger partial charge < -0.3 is 34.3 Å². The molecule has 0 saturated carbocycles. The Labute approximate surface area is 243 Å². The molecule has 1 aliphatic rings. The van der Waals surface area contributed by atoms with Crippen LogP contribution in [-0.4, -0.2) is 69.6 Å². The van der Waals surface area contributed by atoms with E-state index in [1.165, 1.54) is 32.2 Å². The van der Waals surface area contributed by atoms with Gasteiger partial charge in [-0.2, -0.15) is 13.2 Å². The summed E-state index contributed by atoms with van der Waals surface area (Å²) in [6.45, 7) is 6.79. The SMILES string of the molecule is COc1cc(C(=O)NCC(O)(c2cc3c(c(Cl)n2)OCC3(C)N[S+]([O-])C(C)(C)C)C(F)(F)F)ccc1OC[C@@H](C)O. The molecule has 1 aliphatic heterocycles. The summed E-state index contributed by atoms with van der Waals surface area (Å²) < 4.78 is 74.2. The minimum Gasteiger partial charge on any atom is -0.598 e. The van der Waals surface area contributed by atoms with Crippen LogP contribution in [0.15, 0.2) is 24.3 Å². The normalized spacial score (nSPS) is 19.9. The van der Waals surface area contributed by atoms with Crippen molar-refractivity contribution in [1.82, 2.24) is 15.0 Å². The number of hydrogen-bond donors (Lipinski definition) is 4. The van der Waals surface area contributed by atoms with Crippen molar-refractivity contribution in [2.45, 2.75) is 62.8 Å². The Bertz CT molecular complexity index is 1280. The molecule has 0 bridgehead atoms. The Hall–Kier alpha value is -2.49. The lowest BCUT2D eigenvalue weighted by molar-refractivity contribution is -0.265. The number of aliphatic hydroxyl groups excluding tert-OH is 1. The number of methoxy groups -OCH3 is 1. The number of aliphatic hydroxyl groups is 2. The summed E-state index contributed by atoms with van der Waals surface area (Å²) in [4.78, 5) is 16.6.